The van der Waals surface area contributed by atoms with Gasteiger partial charge in [0.1, 0.15) is 11.6 Å². The first-order valence-corrected chi connectivity index (χ1v) is 9.92. The second-order valence-electron chi connectivity index (χ2n) is 7.23. The van der Waals surface area contributed by atoms with Crippen molar-refractivity contribution in [1.82, 2.24) is 0 Å². The third-order valence-electron chi connectivity index (χ3n) is 5.21. The molecule has 0 spiro atoms. The van der Waals surface area contributed by atoms with Gasteiger partial charge < -0.3 is 0 Å². The molecule has 0 N–H and O–H groups in total. The van der Waals surface area contributed by atoms with Gasteiger partial charge in [0.2, 0.25) is 0 Å². The Bertz CT molecular complexity index is 868. The fourth-order valence-corrected chi connectivity index (χ4v) is 4.34. The summed E-state index contributed by atoms with van der Waals surface area (Å²) in [5, 5.41) is 0. The Balaban J connectivity index is 0.000000146. The molecule has 1 unspecified atom stereocenters. The van der Waals surface area contributed by atoms with E-state index >= 15 is 0 Å². The quantitative estimate of drug-likeness (QED) is 0.514. The first kappa shape index (κ1) is 18.5. The first-order chi connectivity index (χ1) is 11.7. The fraction of sp³-hybridized carbons (Fsp3) is 0.333. The summed E-state index contributed by atoms with van der Waals surface area (Å²) >= 11 is 6.80. The van der Waals surface area contributed by atoms with Gasteiger partial charge in [-0.3, -0.25) is 9.59 Å². The van der Waals surface area contributed by atoms with Crippen molar-refractivity contribution in [2.24, 2.45) is 0 Å². The highest BCUT2D eigenvalue weighted by Crippen LogP contribution is 2.36. The Morgan fingerprint density at radius 1 is 0.920 bits per heavy atom. The predicted molar refractivity (Wildman–Crippen MR) is 107 cm³/mol. The van der Waals surface area contributed by atoms with Crippen molar-refractivity contribution in [3.8, 4) is 0 Å². The summed E-state index contributed by atoms with van der Waals surface area (Å²) < 4.78 is 2.11. The van der Waals surface area contributed by atoms with Crippen LogP contribution in [0.5, 0.6) is 0 Å². The largest absolute Gasteiger partial charge is 0.299 e. The van der Waals surface area contributed by atoms with Gasteiger partial charge in [-0.1, -0.05) is 50.9 Å². The molecule has 2 aliphatic carbocycles. The molecule has 0 saturated carbocycles. The van der Waals surface area contributed by atoms with Crippen LogP contribution in [0.25, 0.3) is 0 Å². The third kappa shape index (κ3) is 3.52. The minimum Gasteiger partial charge on any atom is -0.299 e. The molecule has 0 fully saturated rings. The van der Waals surface area contributed by atoms with Crippen LogP contribution in [0.4, 0.5) is 0 Å². The van der Waals surface area contributed by atoms with Crippen LogP contribution in [0.15, 0.2) is 45.3 Å². The average molecular weight is 464 g/mol. The maximum atomic E-state index is 11.6. The van der Waals surface area contributed by atoms with Crippen molar-refractivity contribution in [3.05, 3.63) is 67.6 Å². The highest BCUT2D eigenvalue weighted by atomic mass is 79.9. The molecule has 0 saturated heterocycles. The molecule has 0 radical (unpaired) electrons. The number of carbonyl (C=O) groups excluding carboxylic acids is 2. The molecule has 2 aromatic rings. The molecule has 0 aliphatic heterocycles. The standard InChI is InChI=1S/C11H11BrO.C10H9BrO/c1-11(2)9-4-3-8(12)5-7(9)6-10(11)13;1-6-9-3-2-8(11)4-7(9)5-10(6)12/h3-5H,6H2,1-2H3;2-4,6H,5H2,1H3. The lowest BCUT2D eigenvalue weighted by Gasteiger charge is -2.16. The topological polar surface area (TPSA) is 34.1 Å². The number of halogens is 2. The van der Waals surface area contributed by atoms with E-state index < -0.39 is 0 Å². The van der Waals surface area contributed by atoms with E-state index in [9.17, 15) is 9.59 Å². The smallest absolute Gasteiger partial charge is 0.147 e. The van der Waals surface area contributed by atoms with E-state index in [0.717, 1.165) is 8.95 Å². The maximum Gasteiger partial charge on any atom is 0.147 e. The van der Waals surface area contributed by atoms with Gasteiger partial charge in [0, 0.05) is 33.1 Å². The van der Waals surface area contributed by atoms with Crippen LogP contribution in [0.2, 0.25) is 0 Å². The number of rotatable bonds is 0. The van der Waals surface area contributed by atoms with Crippen molar-refractivity contribution in [3.63, 3.8) is 0 Å². The molecule has 2 nitrogen and oxygen atoms in total. The van der Waals surface area contributed by atoms with E-state index in [-0.39, 0.29) is 11.3 Å². The van der Waals surface area contributed by atoms with Crippen molar-refractivity contribution >= 4 is 43.4 Å². The van der Waals surface area contributed by atoms with Crippen LogP contribution in [0.3, 0.4) is 0 Å². The van der Waals surface area contributed by atoms with Gasteiger partial charge >= 0.3 is 0 Å². The molecule has 130 valence electrons. The van der Waals surface area contributed by atoms with Gasteiger partial charge in [0.15, 0.2) is 0 Å². The number of hydrogen-bond donors (Lipinski definition) is 0. The number of hydrogen-bond acceptors (Lipinski definition) is 2. The highest BCUT2D eigenvalue weighted by molar-refractivity contribution is 9.10. The molecule has 0 amide bonds. The zero-order chi connectivity index (χ0) is 18.4. The third-order valence-corrected chi connectivity index (χ3v) is 6.19. The maximum absolute atomic E-state index is 11.6. The summed E-state index contributed by atoms with van der Waals surface area (Å²) in [4.78, 5) is 23.0. The van der Waals surface area contributed by atoms with Gasteiger partial charge in [0.25, 0.3) is 0 Å². The predicted octanol–water partition coefficient (Wildman–Crippen LogP) is 5.53. The highest BCUT2D eigenvalue weighted by Gasteiger charge is 2.37. The fourth-order valence-electron chi connectivity index (χ4n) is 3.53. The Morgan fingerprint density at radius 2 is 1.52 bits per heavy atom. The van der Waals surface area contributed by atoms with Crippen molar-refractivity contribution in [2.75, 3.05) is 0 Å². The normalized spacial score (nSPS) is 20.0. The van der Waals surface area contributed by atoms with Gasteiger partial charge in [-0.25, -0.2) is 0 Å². The van der Waals surface area contributed by atoms with Crippen LogP contribution in [-0.4, -0.2) is 11.6 Å². The Hall–Kier alpha value is -1.26. The second kappa shape index (κ2) is 6.81. The monoisotopic (exact) mass is 462 g/mol. The van der Waals surface area contributed by atoms with Crippen LogP contribution >= 0.6 is 31.9 Å². The van der Waals surface area contributed by atoms with Gasteiger partial charge in [0.05, 0.1) is 0 Å². The molecule has 4 rings (SSSR count). The summed E-state index contributed by atoms with van der Waals surface area (Å²) in [5.41, 5.74) is 4.45. The minimum absolute atomic E-state index is 0.105. The van der Waals surface area contributed by atoms with Crippen LogP contribution in [0.1, 0.15) is 48.9 Å². The van der Waals surface area contributed by atoms with E-state index in [1.165, 1.54) is 22.3 Å². The van der Waals surface area contributed by atoms with Crippen LogP contribution < -0.4 is 0 Å². The lowest BCUT2D eigenvalue weighted by Crippen LogP contribution is -2.23. The SMILES string of the molecule is CC1(C)C(=O)Cc2cc(Br)ccc21.CC1C(=O)Cc2cc(Br)ccc21. The summed E-state index contributed by atoms with van der Waals surface area (Å²) in [6.07, 6.45) is 1.19. The average Bonchev–Trinajstić information content (AvgIpc) is 2.93. The minimum atomic E-state index is -0.282. The van der Waals surface area contributed by atoms with Crippen molar-refractivity contribution in [2.45, 2.75) is 44.9 Å². The Labute approximate surface area is 165 Å². The first-order valence-electron chi connectivity index (χ1n) is 8.33. The van der Waals surface area contributed by atoms with E-state index in [1.807, 2.05) is 57.2 Å². The second-order valence-corrected chi connectivity index (χ2v) is 9.07. The lowest BCUT2D eigenvalue weighted by molar-refractivity contribution is -0.121. The van der Waals surface area contributed by atoms with E-state index in [4.69, 9.17) is 0 Å². The molecule has 2 aromatic carbocycles. The Kier molecular flexibility index (Phi) is 5.04. The lowest BCUT2D eigenvalue weighted by atomic mass is 9.86. The van der Waals surface area contributed by atoms with Gasteiger partial charge in [-0.2, -0.15) is 0 Å². The van der Waals surface area contributed by atoms with Crippen LogP contribution in [0, 0.1) is 0 Å². The van der Waals surface area contributed by atoms with E-state index in [2.05, 4.69) is 31.9 Å². The molecule has 0 heterocycles. The molecule has 25 heavy (non-hydrogen) atoms. The summed E-state index contributed by atoms with van der Waals surface area (Å²) in [6, 6.07) is 12.2. The number of benzene rings is 2. The molecule has 4 heteroatoms. The molecule has 0 aromatic heterocycles. The molecular weight excluding hydrogens is 444 g/mol. The summed E-state index contributed by atoms with van der Waals surface area (Å²) in [7, 11) is 0. The van der Waals surface area contributed by atoms with Gasteiger partial charge in [-0.15, -0.1) is 0 Å². The Morgan fingerprint density at radius 3 is 2.20 bits per heavy atom. The zero-order valence-electron chi connectivity index (χ0n) is 14.5. The van der Waals surface area contributed by atoms with E-state index in [0.29, 0.717) is 24.4 Å². The van der Waals surface area contributed by atoms with Crippen molar-refractivity contribution in [1.29, 1.82) is 0 Å². The van der Waals surface area contributed by atoms with Crippen molar-refractivity contribution < 1.29 is 9.59 Å². The molecule has 0 bridgehead atoms. The molecule has 2 aliphatic rings. The summed E-state index contributed by atoms with van der Waals surface area (Å²) in [6.45, 7) is 5.96. The summed E-state index contributed by atoms with van der Waals surface area (Å²) in [5.74, 6) is 0.761. The number of fused-ring (bicyclic) bond motifs is 2. The number of carbonyl (C=O) groups is 2. The molecular formula is C21H20Br2O2. The molecule has 1 atom stereocenters. The van der Waals surface area contributed by atoms with Crippen LogP contribution in [-0.2, 0) is 27.8 Å². The number of ketones is 2. The van der Waals surface area contributed by atoms with E-state index in [1.54, 1.807) is 0 Å². The van der Waals surface area contributed by atoms with Gasteiger partial charge in [-0.05, 0) is 60.4 Å². The zero-order valence-corrected chi connectivity index (χ0v) is 17.7. The number of Topliss-reactive ketones (excluding diaryl/α,β-unsaturated/α-hetero) is 2.